The molecular weight excluding hydrogens is 238 g/mol. The first-order valence-electron chi connectivity index (χ1n) is 6.27. The SMILES string of the molecule is Cc1nc2c(Cc3ccccc3)c[nH]n2c(=O)c1C. The van der Waals surface area contributed by atoms with Crippen LogP contribution in [0.1, 0.15) is 22.4 Å². The van der Waals surface area contributed by atoms with Crippen LogP contribution in [-0.2, 0) is 6.42 Å². The van der Waals surface area contributed by atoms with Gasteiger partial charge in [-0.05, 0) is 19.4 Å². The third-order valence-electron chi connectivity index (χ3n) is 3.44. The zero-order valence-electron chi connectivity index (χ0n) is 11.0. The highest BCUT2D eigenvalue weighted by molar-refractivity contribution is 5.49. The van der Waals surface area contributed by atoms with Crippen LogP contribution in [-0.4, -0.2) is 14.6 Å². The average Bonchev–Trinajstić information content (AvgIpc) is 2.81. The molecule has 3 aromatic rings. The predicted octanol–water partition coefficient (Wildman–Crippen LogP) is 2.23. The summed E-state index contributed by atoms with van der Waals surface area (Å²) in [4.78, 5) is 16.6. The molecule has 1 aromatic carbocycles. The maximum Gasteiger partial charge on any atom is 0.275 e. The first-order valence-corrected chi connectivity index (χ1v) is 6.27. The van der Waals surface area contributed by atoms with E-state index in [0.717, 1.165) is 23.3 Å². The molecule has 0 radical (unpaired) electrons. The molecule has 0 amide bonds. The summed E-state index contributed by atoms with van der Waals surface area (Å²) in [5, 5.41) is 2.99. The summed E-state index contributed by atoms with van der Waals surface area (Å²) >= 11 is 0. The van der Waals surface area contributed by atoms with Crippen molar-refractivity contribution in [3.63, 3.8) is 0 Å². The van der Waals surface area contributed by atoms with Gasteiger partial charge in [0.05, 0.1) is 0 Å². The van der Waals surface area contributed by atoms with Crippen LogP contribution in [0.25, 0.3) is 5.65 Å². The predicted molar refractivity (Wildman–Crippen MR) is 74.5 cm³/mol. The molecule has 0 saturated carbocycles. The smallest absolute Gasteiger partial charge is 0.275 e. The summed E-state index contributed by atoms with van der Waals surface area (Å²) in [6.07, 6.45) is 2.62. The van der Waals surface area contributed by atoms with Crippen LogP contribution in [0.3, 0.4) is 0 Å². The molecule has 0 saturated heterocycles. The number of aromatic amines is 1. The van der Waals surface area contributed by atoms with Gasteiger partial charge in [-0.3, -0.25) is 9.89 Å². The number of rotatable bonds is 2. The molecule has 2 aromatic heterocycles. The van der Waals surface area contributed by atoms with Gasteiger partial charge < -0.3 is 0 Å². The lowest BCUT2D eigenvalue weighted by molar-refractivity contribution is 0.873. The standard InChI is InChI=1S/C15H15N3O/c1-10-11(2)17-14-13(9-16-18(14)15(10)19)8-12-6-4-3-5-7-12/h3-7,9,16H,8H2,1-2H3. The van der Waals surface area contributed by atoms with Gasteiger partial charge in [0.1, 0.15) is 0 Å². The topological polar surface area (TPSA) is 50.2 Å². The summed E-state index contributed by atoms with van der Waals surface area (Å²) in [7, 11) is 0. The van der Waals surface area contributed by atoms with Gasteiger partial charge in [-0.15, -0.1) is 0 Å². The minimum atomic E-state index is -0.0261. The van der Waals surface area contributed by atoms with E-state index in [-0.39, 0.29) is 5.56 Å². The summed E-state index contributed by atoms with van der Waals surface area (Å²) in [5.41, 5.74) is 4.41. The van der Waals surface area contributed by atoms with Crippen LogP contribution in [0.15, 0.2) is 41.3 Å². The maximum atomic E-state index is 12.1. The van der Waals surface area contributed by atoms with E-state index in [1.807, 2.05) is 31.3 Å². The number of aryl methyl sites for hydroxylation is 1. The van der Waals surface area contributed by atoms with E-state index in [1.165, 1.54) is 10.1 Å². The molecule has 0 spiro atoms. The molecule has 19 heavy (non-hydrogen) atoms. The fourth-order valence-corrected chi connectivity index (χ4v) is 2.20. The molecular formula is C15H15N3O. The molecule has 0 fully saturated rings. The molecule has 0 aliphatic rings. The van der Waals surface area contributed by atoms with Crippen LogP contribution < -0.4 is 5.56 Å². The molecule has 4 heteroatoms. The summed E-state index contributed by atoms with van der Waals surface area (Å²) in [6.45, 7) is 3.67. The molecule has 0 aliphatic heterocycles. The van der Waals surface area contributed by atoms with E-state index in [1.54, 1.807) is 6.92 Å². The van der Waals surface area contributed by atoms with Gasteiger partial charge in [0.15, 0.2) is 5.65 Å². The Bertz CT molecular complexity index is 784. The Hall–Kier alpha value is -2.36. The average molecular weight is 253 g/mol. The van der Waals surface area contributed by atoms with Gasteiger partial charge in [-0.2, -0.15) is 0 Å². The van der Waals surface area contributed by atoms with Gasteiger partial charge in [-0.25, -0.2) is 9.50 Å². The number of fused-ring (bicyclic) bond motifs is 1. The fraction of sp³-hybridized carbons (Fsp3) is 0.200. The monoisotopic (exact) mass is 253 g/mol. The first-order chi connectivity index (χ1) is 9.16. The van der Waals surface area contributed by atoms with E-state index in [2.05, 4.69) is 22.2 Å². The first kappa shape index (κ1) is 11.7. The second-order valence-electron chi connectivity index (χ2n) is 4.75. The summed E-state index contributed by atoms with van der Waals surface area (Å²) < 4.78 is 1.51. The molecule has 0 aliphatic carbocycles. The second kappa shape index (κ2) is 4.39. The highest BCUT2D eigenvalue weighted by Crippen LogP contribution is 2.13. The van der Waals surface area contributed by atoms with E-state index in [0.29, 0.717) is 5.56 Å². The highest BCUT2D eigenvalue weighted by Gasteiger charge is 2.11. The van der Waals surface area contributed by atoms with E-state index in [9.17, 15) is 4.79 Å². The third-order valence-corrected chi connectivity index (χ3v) is 3.44. The van der Waals surface area contributed by atoms with E-state index < -0.39 is 0 Å². The minimum Gasteiger partial charge on any atom is -0.297 e. The van der Waals surface area contributed by atoms with Crippen molar-refractivity contribution in [2.45, 2.75) is 20.3 Å². The van der Waals surface area contributed by atoms with Gasteiger partial charge in [0, 0.05) is 29.4 Å². The Morgan fingerprint density at radius 1 is 1.21 bits per heavy atom. The normalized spacial score (nSPS) is 11.1. The number of hydrogen-bond donors (Lipinski definition) is 1. The van der Waals surface area contributed by atoms with Crippen LogP contribution in [0, 0.1) is 13.8 Å². The van der Waals surface area contributed by atoms with Crippen molar-refractivity contribution in [1.29, 1.82) is 0 Å². The maximum absolute atomic E-state index is 12.1. The Kier molecular flexibility index (Phi) is 2.71. The largest absolute Gasteiger partial charge is 0.297 e. The lowest BCUT2D eigenvalue weighted by Crippen LogP contribution is -2.19. The number of aromatic nitrogens is 3. The van der Waals surface area contributed by atoms with Crippen molar-refractivity contribution in [1.82, 2.24) is 14.6 Å². The van der Waals surface area contributed by atoms with Gasteiger partial charge >= 0.3 is 0 Å². The van der Waals surface area contributed by atoms with Gasteiger partial charge in [0.2, 0.25) is 0 Å². The quantitative estimate of drug-likeness (QED) is 0.761. The van der Waals surface area contributed by atoms with Crippen molar-refractivity contribution in [3.05, 3.63) is 69.3 Å². The third kappa shape index (κ3) is 1.95. The molecule has 0 atom stereocenters. The Morgan fingerprint density at radius 3 is 2.68 bits per heavy atom. The van der Waals surface area contributed by atoms with Crippen LogP contribution in [0.2, 0.25) is 0 Å². The summed E-state index contributed by atoms with van der Waals surface area (Å²) in [5.74, 6) is 0. The van der Waals surface area contributed by atoms with Crippen molar-refractivity contribution in [2.75, 3.05) is 0 Å². The van der Waals surface area contributed by atoms with Gasteiger partial charge in [-0.1, -0.05) is 30.3 Å². The molecule has 96 valence electrons. The second-order valence-corrected chi connectivity index (χ2v) is 4.75. The van der Waals surface area contributed by atoms with Crippen LogP contribution >= 0.6 is 0 Å². The van der Waals surface area contributed by atoms with Crippen molar-refractivity contribution in [2.24, 2.45) is 0 Å². The highest BCUT2D eigenvalue weighted by atomic mass is 16.1. The van der Waals surface area contributed by atoms with Crippen molar-refractivity contribution < 1.29 is 0 Å². The number of H-pyrrole nitrogens is 1. The fourth-order valence-electron chi connectivity index (χ4n) is 2.20. The van der Waals surface area contributed by atoms with E-state index >= 15 is 0 Å². The number of nitrogens with one attached hydrogen (secondary N) is 1. The molecule has 1 N–H and O–H groups in total. The molecule has 0 bridgehead atoms. The minimum absolute atomic E-state index is 0.0261. The van der Waals surface area contributed by atoms with Crippen LogP contribution in [0.4, 0.5) is 0 Å². The Morgan fingerprint density at radius 2 is 1.95 bits per heavy atom. The zero-order valence-corrected chi connectivity index (χ0v) is 11.0. The van der Waals surface area contributed by atoms with Crippen molar-refractivity contribution in [3.8, 4) is 0 Å². The van der Waals surface area contributed by atoms with Gasteiger partial charge in [0.25, 0.3) is 5.56 Å². The van der Waals surface area contributed by atoms with E-state index in [4.69, 9.17) is 0 Å². The zero-order chi connectivity index (χ0) is 13.4. The molecule has 4 nitrogen and oxygen atoms in total. The lowest BCUT2D eigenvalue weighted by atomic mass is 10.1. The number of benzene rings is 1. The lowest BCUT2D eigenvalue weighted by Gasteiger charge is -2.02. The molecule has 0 unspecified atom stereocenters. The Labute approximate surface area is 110 Å². The van der Waals surface area contributed by atoms with Crippen LogP contribution in [0.5, 0.6) is 0 Å². The number of nitrogens with zero attached hydrogens (tertiary/aromatic N) is 2. The summed E-state index contributed by atoms with van der Waals surface area (Å²) in [6, 6.07) is 10.2. The Balaban J connectivity index is 2.14. The number of hydrogen-bond acceptors (Lipinski definition) is 2. The van der Waals surface area contributed by atoms with Crippen molar-refractivity contribution >= 4 is 5.65 Å². The molecule has 3 rings (SSSR count). The molecule has 2 heterocycles.